The van der Waals surface area contributed by atoms with E-state index in [1.165, 1.54) is 11.1 Å². The molecule has 1 atom stereocenters. The van der Waals surface area contributed by atoms with Crippen LogP contribution in [-0.2, 0) is 4.74 Å². The van der Waals surface area contributed by atoms with Crippen LogP contribution in [0.4, 0.5) is 0 Å². The third-order valence-electron chi connectivity index (χ3n) is 3.46. The highest BCUT2D eigenvalue weighted by molar-refractivity contribution is 5.39. The van der Waals surface area contributed by atoms with E-state index in [0.29, 0.717) is 0 Å². The molecular formula is C16H27NO2. The van der Waals surface area contributed by atoms with Gasteiger partial charge in [0.15, 0.2) is 0 Å². The average Bonchev–Trinajstić information content (AvgIpc) is 2.38. The lowest BCUT2D eigenvalue weighted by Gasteiger charge is -2.30. The van der Waals surface area contributed by atoms with Crippen LogP contribution in [-0.4, -0.2) is 26.4 Å². The Labute approximate surface area is 117 Å². The first-order valence-corrected chi connectivity index (χ1v) is 6.86. The molecule has 19 heavy (non-hydrogen) atoms. The lowest BCUT2D eigenvalue weighted by Crippen LogP contribution is -2.32. The van der Waals surface area contributed by atoms with E-state index in [4.69, 9.17) is 9.47 Å². The van der Waals surface area contributed by atoms with Gasteiger partial charge in [-0.1, -0.05) is 24.6 Å². The summed E-state index contributed by atoms with van der Waals surface area (Å²) in [5.74, 6) is 0.934. The van der Waals surface area contributed by atoms with Crippen molar-refractivity contribution in [3.8, 4) is 5.75 Å². The zero-order valence-corrected chi connectivity index (χ0v) is 13.0. The standard InChI is InChI=1S/C16H27NO2/c1-7-17-14(11-16(3,4)19-6)13-10-12(2)8-9-15(13)18-5/h8-10,14,17H,7,11H2,1-6H3. The van der Waals surface area contributed by atoms with Crippen LogP contribution < -0.4 is 10.1 Å². The van der Waals surface area contributed by atoms with E-state index in [-0.39, 0.29) is 11.6 Å². The molecule has 3 nitrogen and oxygen atoms in total. The van der Waals surface area contributed by atoms with Crippen LogP contribution in [0.3, 0.4) is 0 Å². The molecule has 1 aromatic carbocycles. The van der Waals surface area contributed by atoms with Crippen molar-refractivity contribution in [1.29, 1.82) is 0 Å². The van der Waals surface area contributed by atoms with Crippen LogP contribution in [0.2, 0.25) is 0 Å². The summed E-state index contributed by atoms with van der Waals surface area (Å²) < 4.78 is 11.1. The Morgan fingerprint density at radius 1 is 1.26 bits per heavy atom. The molecule has 0 aliphatic heterocycles. The Morgan fingerprint density at radius 3 is 2.47 bits per heavy atom. The normalized spacial score (nSPS) is 13.4. The molecule has 0 radical (unpaired) electrons. The summed E-state index contributed by atoms with van der Waals surface area (Å²) >= 11 is 0. The third kappa shape index (κ3) is 4.51. The summed E-state index contributed by atoms with van der Waals surface area (Å²) in [5, 5.41) is 3.53. The molecule has 0 aliphatic carbocycles. The molecule has 0 fully saturated rings. The predicted octanol–water partition coefficient (Wildman–Crippen LogP) is 3.47. The number of hydrogen-bond donors (Lipinski definition) is 1. The second kappa shape index (κ2) is 6.92. The minimum atomic E-state index is -0.165. The second-order valence-corrected chi connectivity index (χ2v) is 5.52. The molecule has 0 saturated heterocycles. The summed E-state index contributed by atoms with van der Waals surface area (Å²) in [4.78, 5) is 0. The van der Waals surface area contributed by atoms with Crippen LogP contribution in [0.25, 0.3) is 0 Å². The van der Waals surface area contributed by atoms with Gasteiger partial charge in [-0.3, -0.25) is 0 Å². The Balaban J connectivity index is 3.07. The van der Waals surface area contributed by atoms with E-state index in [2.05, 4.69) is 45.1 Å². The minimum Gasteiger partial charge on any atom is -0.496 e. The molecule has 3 heteroatoms. The van der Waals surface area contributed by atoms with E-state index >= 15 is 0 Å². The van der Waals surface area contributed by atoms with Crippen molar-refractivity contribution in [1.82, 2.24) is 5.32 Å². The smallest absolute Gasteiger partial charge is 0.123 e. The van der Waals surface area contributed by atoms with Crippen molar-refractivity contribution in [3.63, 3.8) is 0 Å². The van der Waals surface area contributed by atoms with Gasteiger partial charge in [0.05, 0.1) is 12.7 Å². The molecule has 1 rings (SSSR count). The fraction of sp³-hybridized carbons (Fsp3) is 0.625. The maximum atomic E-state index is 5.56. The zero-order valence-electron chi connectivity index (χ0n) is 13.0. The Morgan fingerprint density at radius 2 is 1.95 bits per heavy atom. The Kier molecular flexibility index (Phi) is 5.83. The molecule has 108 valence electrons. The van der Waals surface area contributed by atoms with Gasteiger partial charge in [-0.2, -0.15) is 0 Å². The average molecular weight is 265 g/mol. The molecule has 0 aliphatic rings. The summed E-state index contributed by atoms with van der Waals surface area (Å²) in [6.45, 7) is 9.36. The van der Waals surface area contributed by atoms with Crippen LogP contribution >= 0.6 is 0 Å². The van der Waals surface area contributed by atoms with Crippen molar-refractivity contribution in [2.45, 2.75) is 45.8 Å². The van der Waals surface area contributed by atoms with Crippen LogP contribution in [0, 0.1) is 6.92 Å². The number of nitrogens with one attached hydrogen (secondary N) is 1. The Hall–Kier alpha value is -1.06. The maximum absolute atomic E-state index is 5.56. The molecule has 0 spiro atoms. The number of hydrogen-bond acceptors (Lipinski definition) is 3. The SMILES string of the molecule is CCNC(CC(C)(C)OC)c1cc(C)ccc1OC. The van der Waals surface area contributed by atoms with Gasteiger partial charge in [0.2, 0.25) is 0 Å². The van der Waals surface area contributed by atoms with Crippen molar-refractivity contribution >= 4 is 0 Å². The van der Waals surface area contributed by atoms with E-state index in [1.54, 1.807) is 14.2 Å². The number of rotatable bonds is 7. The third-order valence-corrected chi connectivity index (χ3v) is 3.46. The van der Waals surface area contributed by atoms with E-state index in [1.807, 2.05) is 6.07 Å². The molecule has 1 N–H and O–H groups in total. The molecule has 0 bridgehead atoms. The molecular weight excluding hydrogens is 238 g/mol. The van der Waals surface area contributed by atoms with Crippen LogP contribution in [0.1, 0.15) is 44.4 Å². The lowest BCUT2D eigenvalue weighted by molar-refractivity contribution is 0.00680. The quantitative estimate of drug-likeness (QED) is 0.819. The van der Waals surface area contributed by atoms with E-state index < -0.39 is 0 Å². The summed E-state index contributed by atoms with van der Waals surface area (Å²) in [6, 6.07) is 6.54. The zero-order chi connectivity index (χ0) is 14.5. The van der Waals surface area contributed by atoms with Gasteiger partial charge >= 0.3 is 0 Å². The van der Waals surface area contributed by atoms with Gasteiger partial charge in [-0.15, -0.1) is 0 Å². The highest BCUT2D eigenvalue weighted by Crippen LogP contribution is 2.32. The predicted molar refractivity (Wildman–Crippen MR) is 79.9 cm³/mol. The first kappa shape index (κ1) is 16.0. The highest BCUT2D eigenvalue weighted by Gasteiger charge is 2.25. The molecule has 0 heterocycles. The van der Waals surface area contributed by atoms with E-state index in [9.17, 15) is 0 Å². The van der Waals surface area contributed by atoms with Crippen LogP contribution in [0.5, 0.6) is 5.75 Å². The van der Waals surface area contributed by atoms with Gasteiger partial charge in [0.25, 0.3) is 0 Å². The number of methoxy groups -OCH3 is 2. The van der Waals surface area contributed by atoms with Gasteiger partial charge in [0.1, 0.15) is 5.75 Å². The molecule has 0 amide bonds. The minimum absolute atomic E-state index is 0.165. The summed E-state index contributed by atoms with van der Waals surface area (Å²) in [7, 11) is 3.48. The summed E-state index contributed by atoms with van der Waals surface area (Å²) in [6.07, 6.45) is 0.900. The molecule has 1 aromatic rings. The fourth-order valence-electron chi connectivity index (χ4n) is 2.24. The van der Waals surface area contributed by atoms with Crippen molar-refractivity contribution in [3.05, 3.63) is 29.3 Å². The lowest BCUT2D eigenvalue weighted by atomic mass is 9.92. The number of aryl methyl sites for hydroxylation is 1. The van der Waals surface area contributed by atoms with Gasteiger partial charge in [-0.25, -0.2) is 0 Å². The maximum Gasteiger partial charge on any atom is 0.123 e. The molecule has 0 aromatic heterocycles. The van der Waals surface area contributed by atoms with Crippen LogP contribution in [0.15, 0.2) is 18.2 Å². The van der Waals surface area contributed by atoms with E-state index in [0.717, 1.165) is 18.7 Å². The van der Waals surface area contributed by atoms with Gasteiger partial charge < -0.3 is 14.8 Å². The first-order valence-electron chi connectivity index (χ1n) is 6.86. The molecule has 1 unspecified atom stereocenters. The topological polar surface area (TPSA) is 30.5 Å². The monoisotopic (exact) mass is 265 g/mol. The van der Waals surface area contributed by atoms with Gasteiger partial charge in [0, 0.05) is 18.7 Å². The van der Waals surface area contributed by atoms with Gasteiger partial charge in [-0.05, 0) is 39.8 Å². The van der Waals surface area contributed by atoms with Crippen molar-refractivity contribution < 1.29 is 9.47 Å². The highest BCUT2D eigenvalue weighted by atomic mass is 16.5. The largest absolute Gasteiger partial charge is 0.496 e. The second-order valence-electron chi connectivity index (χ2n) is 5.52. The van der Waals surface area contributed by atoms with Crippen molar-refractivity contribution in [2.75, 3.05) is 20.8 Å². The fourth-order valence-corrected chi connectivity index (χ4v) is 2.24. The van der Waals surface area contributed by atoms with Crippen molar-refractivity contribution in [2.24, 2.45) is 0 Å². The first-order chi connectivity index (χ1) is 8.93. The molecule has 0 saturated carbocycles. The summed E-state index contributed by atoms with van der Waals surface area (Å²) in [5.41, 5.74) is 2.28. The Bertz CT molecular complexity index is 402. The number of ether oxygens (including phenoxy) is 2. The number of benzene rings is 1.